The molecule has 4 rings (SSSR count). The van der Waals surface area contributed by atoms with Crippen LogP contribution < -0.4 is 10.9 Å². The maximum absolute atomic E-state index is 13.0. The summed E-state index contributed by atoms with van der Waals surface area (Å²) >= 11 is 1.61. The van der Waals surface area contributed by atoms with Crippen LogP contribution in [0.3, 0.4) is 0 Å². The maximum Gasteiger partial charge on any atom is 0.295 e. The molecule has 1 amide bonds. The van der Waals surface area contributed by atoms with Gasteiger partial charge in [0.1, 0.15) is 11.4 Å². The van der Waals surface area contributed by atoms with E-state index in [9.17, 15) is 9.59 Å². The first-order chi connectivity index (χ1) is 14.9. The summed E-state index contributed by atoms with van der Waals surface area (Å²) < 4.78 is 3.15. The van der Waals surface area contributed by atoms with E-state index in [4.69, 9.17) is 10.5 Å². The summed E-state index contributed by atoms with van der Waals surface area (Å²) in [4.78, 5) is 26.9. The molecule has 158 valence electrons. The van der Waals surface area contributed by atoms with Crippen LogP contribution in [0.2, 0.25) is 0 Å². The zero-order valence-electron chi connectivity index (χ0n) is 17.2. The molecule has 0 unspecified atom stereocenters. The van der Waals surface area contributed by atoms with Crippen LogP contribution in [0.25, 0.3) is 11.4 Å². The van der Waals surface area contributed by atoms with Crippen LogP contribution in [-0.2, 0) is 11.8 Å². The molecule has 7 nitrogen and oxygen atoms in total. The van der Waals surface area contributed by atoms with Crippen molar-refractivity contribution < 1.29 is 9.90 Å². The van der Waals surface area contributed by atoms with Crippen molar-refractivity contribution in [1.29, 1.82) is 5.41 Å². The molecule has 2 aromatic carbocycles. The molecule has 0 radical (unpaired) electrons. The van der Waals surface area contributed by atoms with E-state index in [1.165, 1.54) is 4.68 Å². The molecule has 0 fully saturated rings. The summed E-state index contributed by atoms with van der Waals surface area (Å²) in [6.07, 6.45) is 0.437. The average Bonchev–Trinajstić information content (AvgIpc) is 2.91. The third-order valence-electron chi connectivity index (χ3n) is 5.39. The van der Waals surface area contributed by atoms with Gasteiger partial charge in [0.05, 0.1) is 22.5 Å². The Morgan fingerprint density at radius 3 is 2.55 bits per heavy atom. The Morgan fingerprint density at radius 2 is 1.81 bits per heavy atom. The van der Waals surface area contributed by atoms with Gasteiger partial charge in [-0.3, -0.25) is 19.7 Å². The first-order valence-electron chi connectivity index (χ1n) is 9.81. The molecule has 1 aliphatic heterocycles. The second kappa shape index (κ2) is 8.31. The van der Waals surface area contributed by atoms with Crippen LogP contribution in [0.4, 0.5) is 5.69 Å². The number of anilines is 1. The number of thioether (sulfide) groups is 1. The summed E-state index contributed by atoms with van der Waals surface area (Å²) in [6.45, 7) is 1.74. The van der Waals surface area contributed by atoms with E-state index in [-0.39, 0.29) is 22.7 Å². The molecule has 0 aliphatic carbocycles. The number of carbonyl (C=O) groups excluding carboxylic acids is 1. The van der Waals surface area contributed by atoms with Gasteiger partial charge < -0.3 is 10.4 Å². The van der Waals surface area contributed by atoms with Gasteiger partial charge in [0.2, 0.25) is 0 Å². The first-order valence-corrected chi connectivity index (χ1v) is 10.8. The Kier molecular flexibility index (Phi) is 5.56. The summed E-state index contributed by atoms with van der Waals surface area (Å²) in [5.74, 6) is 0.178. The Hall–Kier alpha value is -3.52. The molecule has 0 saturated heterocycles. The van der Waals surface area contributed by atoms with Crippen molar-refractivity contribution in [2.45, 2.75) is 18.2 Å². The number of amides is 1. The molecule has 3 aromatic rings. The van der Waals surface area contributed by atoms with E-state index in [2.05, 4.69) is 5.32 Å². The third kappa shape index (κ3) is 3.70. The van der Waals surface area contributed by atoms with Gasteiger partial charge in [-0.1, -0.05) is 30.3 Å². The molecule has 1 aromatic heterocycles. The fourth-order valence-corrected chi connectivity index (χ4v) is 4.65. The number of nitrogens with zero attached hydrogens (tertiary/aromatic N) is 2. The Balaban J connectivity index is 1.67. The number of nitrogens with one attached hydrogen (secondary N) is 2. The first kappa shape index (κ1) is 20.7. The van der Waals surface area contributed by atoms with Gasteiger partial charge in [0.25, 0.3) is 17.2 Å². The lowest BCUT2D eigenvalue weighted by Gasteiger charge is -2.08. The summed E-state index contributed by atoms with van der Waals surface area (Å²) in [7, 11) is 1.74. The molecule has 0 atom stereocenters. The van der Waals surface area contributed by atoms with Crippen LogP contribution >= 0.6 is 11.8 Å². The fourth-order valence-electron chi connectivity index (χ4n) is 3.62. The number of rotatable bonds is 4. The van der Waals surface area contributed by atoms with E-state index in [0.29, 0.717) is 29.1 Å². The van der Waals surface area contributed by atoms with Gasteiger partial charge in [-0.2, -0.15) is 0 Å². The lowest BCUT2D eigenvalue weighted by atomic mass is 10.0. The zero-order chi connectivity index (χ0) is 22.1. The highest BCUT2D eigenvalue weighted by Gasteiger charge is 2.28. The number of para-hydroxylation sites is 1. The van der Waals surface area contributed by atoms with Crippen molar-refractivity contribution in [3.63, 3.8) is 0 Å². The van der Waals surface area contributed by atoms with E-state index in [1.807, 2.05) is 54.6 Å². The molecule has 0 spiro atoms. The fraction of sp³-hybridized carbons (Fsp3) is 0.174. The summed E-state index contributed by atoms with van der Waals surface area (Å²) in [5.41, 5.74) is 1.85. The van der Waals surface area contributed by atoms with Gasteiger partial charge in [0.15, 0.2) is 0 Å². The highest BCUT2D eigenvalue weighted by Crippen LogP contribution is 2.34. The standard InChI is InChI=1S/C23H22N4O3S/c1-14-20(23(30)27(26(14)2)15-8-4-3-5-9-15)25-22(29)19(24)17-12-13-31-18-11-7-6-10-16(18)21(17)28/h3-11,24,28H,12-13H2,1-2H3,(H,25,29)/p+1. The van der Waals surface area contributed by atoms with Gasteiger partial charge in [-0.15, -0.1) is 11.8 Å². The van der Waals surface area contributed by atoms with E-state index >= 15 is 0 Å². The molecule has 4 N–H and O–H groups in total. The van der Waals surface area contributed by atoms with Crippen molar-refractivity contribution in [2.24, 2.45) is 7.05 Å². The predicted octanol–water partition coefficient (Wildman–Crippen LogP) is 3.07. The van der Waals surface area contributed by atoms with E-state index in [0.717, 1.165) is 10.5 Å². The number of fused-ring (bicyclic) bond motifs is 1. The van der Waals surface area contributed by atoms with Crippen LogP contribution in [0, 0.1) is 12.3 Å². The lowest BCUT2D eigenvalue weighted by molar-refractivity contribution is -0.110. The predicted molar refractivity (Wildman–Crippen MR) is 124 cm³/mol. The minimum absolute atomic E-state index is 0.136. The van der Waals surface area contributed by atoms with Gasteiger partial charge in [-0.05, 0) is 37.6 Å². The highest BCUT2D eigenvalue weighted by atomic mass is 32.2. The largest absolute Gasteiger partial charge is 0.593 e. The third-order valence-corrected chi connectivity index (χ3v) is 6.46. The van der Waals surface area contributed by atoms with E-state index in [1.54, 1.807) is 30.4 Å². The summed E-state index contributed by atoms with van der Waals surface area (Å²) in [6, 6.07) is 16.7. The molecule has 0 saturated carbocycles. The average molecular weight is 436 g/mol. The van der Waals surface area contributed by atoms with Crippen molar-refractivity contribution in [3.05, 3.63) is 81.8 Å². The second-order valence-electron chi connectivity index (χ2n) is 7.21. The Bertz CT molecular complexity index is 1270. The van der Waals surface area contributed by atoms with Crippen molar-refractivity contribution in [1.82, 2.24) is 9.36 Å². The minimum atomic E-state index is -0.685. The van der Waals surface area contributed by atoms with Crippen molar-refractivity contribution >= 4 is 34.8 Å². The Morgan fingerprint density at radius 1 is 1.13 bits per heavy atom. The monoisotopic (exact) mass is 435 g/mol. The number of hydrogen-bond acceptors (Lipinski definition) is 4. The quantitative estimate of drug-likeness (QED) is 0.486. The molecule has 31 heavy (non-hydrogen) atoms. The van der Waals surface area contributed by atoms with Crippen LogP contribution in [0.15, 0.2) is 69.9 Å². The van der Waals surface area contributed by atoms with Crippen LogP contribution in [0.5, 0.6) is 0 Å². The molecular weight excluding hydrogens is 412 g/mol. The zero-order valence-corrected chi connectivity index (χ0v) is 18.0. The topological polar surface area (TPSA) is 103 Å². The number of aromatic nitrogens is 2. The van der Waals surface area contributed by atoms with Crippen molar-refractivity contribution in [3.8, 4) is 5.69 Å². The van der Waals surface area contributed by atoms with Crippen LogP contribution in [0.1, 0.15) is 17.7 Å². The SMILES string of the molecule is Cc1c(NC(=O)C(=N)C2=C([OH2+])c3ccccc3SCC2)c(=O)n(-c2ccccc2)n1C. The smallest absolute Gasteiger partial charge is 0.295 e. The number of carbonyl (C=O) groups is 1. The van der Waals surface area contributed by atoms with Gasteiger partial charge in [0, 0.05) is 17.7 Å². The number of hydrogen-bond donors (Lipinski definition) is 2. The molecule has 0 bridgehead atoms. The minimum Gasteiger partial charge on any atom is -0.593 e. The highest BCUT2D eigenvalue weighted by molar-refractivity contribution is 7.99. The van der Waals surface area contributed by atoms with E-state index < -0.39 is 5.91 Å². The molecule has 1 aliphatic rings. The summed E-state index contributed by atoms with van der Waals surface area (Å²) in [5, 5.41) is 19.7. The maximum atomic E-state index is 13.0. The van der Waals surface area contributed by atoms with Gasteiger partial charge >= 0.3 is 0 Å². The molecular formula is C23H23N4O3S+. The second-order valence-corrected chi connectivity index (χ2v) is 8.35. The lowest BCUT2D eigenvalue weighted by Crippen LogP contribution is -2.28. The normalized spacial score (nSPS) is 13.5. The van der Waals surface area contributed by atoms with Crippen LogP contribution in [-0.4, -0.2) is 31.8 Å². The van der Waals surface area contributed by atoms with Gasteiger partial charge in [-0.25, -0.2) is 4.68 Å². The van der Waals surface area contributed by atoms with Crippen molar-refractivity contribution in [2.75, 3.05) is 11.1 Å². The molecule has 2 heterocycles. The number of benzene rings is 2. The molecule has 8 heteroatoms. The Labute approximate surface area is 183 Å².